The lowest BCUT2D eigenvalue weighted by molar-refractivity contribution is -0.144. The maximum absolute atomic E-state index is 12.2. The van der Waals surface area contributed by atoms with E-state index in [4.69, 9.17) is 5.73 Å². The minimum Gasteiger partial charge on any atom is -0.383 e. The average molecular weight is 449 g/mol. The van der Waals surface area contributed by atoms with Crippen molar-refractivity contribution < 1.29 is 9.59 Å². The summed E-state index contributed by atoms with van der Waals surface area (Å²) >= 11 is 0. The largest absolute Gasteiger partial charge is 0.383 e. The molecule has 4 aromatic rings. The van der Waals surface area contributed by atoms with Crippen LogP contribution in [0.3, 0.4) is 0 Å². The summed E-state index contributed by atoms with van der Waals surface area (Å²) in [5, 5.41) is 15.4. The van der Waals surface area contributed by atoms with Gasteiger partial charge in [0.2, 0.25) is 0 Å². The third-order valence-corrected chi connectivity index (χ3v) is 5.69. The van der Waals surface area contributed by atoms with E-state index in [0.29, 0.717) is 41.4 Å². The number of anilines is 2. The first kappa shape index (κ1) is 22.3. The van der Waals surface area contributed by atoms with Crippen molar-refractivity contribution in [1.29, 1.82) is 0 Å². The van der Waals surface area contributed by atoms with Crippen LogP contribution in [0.25, 0.3) is 21.8 Å². The Morgan fingerprint density at radius 3 is 2.85 bits per heavy atom. The van der Waals surface area contributed by atoms with Crippen LogP contribution in [0.1, 0.15) is 26.7 Å². The maximum Gasteiger partial charge on any atom is 0.314 e. The molecule has 2 amide bonds. The highest BCUT2D eigenvalue weighted by Crippen LogP contribution is 2.24. The van der Waals surface area contributed by atoms with Gasteiger partial charge in [-0.25, -0.2) is 4.98 Å². The molecule has 0 aliphatic carbocycles. The third kappa shape index (κ3) is 4.94. The second kappa shape index (κ2) is 9.68. The molecule has 10 heteroatoms. The number of aromatic amines is 1. The molecule has 1 unspecified atom stereocenters. The molecule has 3 aromatic heterocycles. The van der Waals surface area contributed by atoms with Gasteiger partial charge in [0.25, 0.3) is 0 Å². The summed E-state index contributed by atoms with van der Waals surface area (Å²) in [6, 6.07) is 8.15. The summed E-state index contributed by atoms with van der Waals surface area (Å²) in [5.74, 6) is -0.450. The van der Waals surface area contributed by atoms with Crippen LogP contribution in [-0.4, -0.2) is 54.8 Å². The number of likely N-dealkylation sites (tertiary alicyclic amines) is 1. The summed E-state index contributed by atoms with van der Waals surface area (Å²) in [4.78, 5) is 30.0. The van der Waals surface area contributed by atoms with E-state index in [0.717, 1.165) is 24.9 Å². The van der Waals surface area contributed by atoms with Gasteiger partial charge in [-0.1, -0.05) is 25.1 Å². The number of hydrogen-bond acceptors (Lipinski definition) is 6. The fourth-order valence-corrected chi connectivity index (χ4v) is 3.92. The molecule has 0 saturated carbocycles. The third-order valence-electron chi connectivity index (χ3n) is 5.69. The van der Waals surface area contributed by atoms with Crippen molar-refractivity contribution >= 4 is 45.1 Å². The lowest BCUT2D eigenvalue weighted by Gasteiger charge is -2.30. The highest BCUT2D eigenvalue weighted by atomic mass is 16.2. The Bertz CT molecular complexity index is 1240. The predicted molar refractivity (Wildman–Crippen MR) is 127 cm³/mol. The van der Waals surface area contributed by atoms with Crippen LogP contribution >= 0.6 is 0 Å². The molecule has 0 spiro atoms. The highest BCUT2D eigenvalue weighted by molar-refractivity contribution is 6.40. The number of rotatable bonds is 2. The summed E-state index contributed by atoms with van der Waals surface area (Å²) in [5.41, 5.74) is 7.76. The van der Waals surface area contributed by atoms with E-state index in [-0.39, 0.29) is 0 Å². The van der Waals surface area contributed by atoms with Gasteiger partial charge >= 0.3 is 11.8 Å². The summed E-state index contributed by atoms with van der Waals surface area (Å²) in [7, 11) is 0. The Kier molecular flexibility index (Phi) is 6.53. The van der Waals surface area contributed by atoms with Crippen LogP contribution in [0.5, 0.6) is 0 Å². The Morgan fingerprint density at radius 2 is 2.09 bits per heavy atom. The smallest absolute Gasteiger partial charge is 0.314 e. The zero-order valence-corrected chi connectivity index (χ0v) is 18.8. The Labute approximate surface area is 191 Å². The molecule has 1 saturated heterocycles. The normalized spacial score (nSPS) is 15.8. The standard InChI is InChI=1S/C14H18N6O2.C9H10N2/c1-8-3-2-4-20(7-8)14(22)13(21)18-10-6-16-12(15)9-5-17-19-11(9)10;1-2-11-7-8-5-3-4-6-9(8)10-11/h5-6,8H,2-4,7H2,1H3,(H2,15,16)(H,17,19)(H,18,21);3-7H,2H2,1H3. The molecule has 4 N–H and O–H groups in total. The van der Waals surface area contributed by atoms with Crippen LogP contribution in [0, 0.1) is 5.92 Å². The molecule has 33 heavy (non-hydrogen) atoms. The quantitative estimate of drug-likeness (QED) is 0.404. The van der Waals surface area contributed by atoms with Gasteiger partial charge in [0.1, 0.15) is 5.82 Å². The number of nitrogens with zero attached hydrogens (tertiary/aromatic N) is 5. The topological polar surface area (TPSA) is 135 Å². The van der Waals surface area contributed by atoms with Crippen LogP contribution in [0.15, 0.2) is 42.9 Å². The number of piperidine rings is 1. The Morgan fingerprint density at radius 1 is 1.27 bits per heavy atom. The molecular weight excluding hydrogens is 420 g/mol. The Hall–Kier alpha value is -3.95. The first-order valence-corrected chi connectivity index (χ1v) is 11.1. The number of pyridine rings is 1. The van der Waals surface area contributed by atoms with Crippen molar-refractivity contribution in [3.05, 3.63) is 42.9 Å². The minimum atomic E-state index is -0.670. The fourth-order valence-electron chi connectivity index (χ4n) is 3.92. The van der Waals surface area contributed by atoms with E-state index < -0.39 is 11.8 Å². The number of H-pyrrole nitrogens is 1. The summed E-state index contributed by atoms with van der Waals surface area (Å²) in [6.07, 6.45) is 7.02. The number of hydrogen-bond donors (Lipinski definition) is 3. The zero-order valence-electron chi connectivity index (χ0n) is 18.8. The molecular formula is C23H28N8O2. The van der Waals surface area contributed by atoms with Gasteiger partial charge in [-0.05, 0) is 31.7 Å². The van der Waals surface area contributed by atoms with E-state index in [9.17, 15) is 9.59 Å². The maximum atomic E-state index is 12.2. The molecule has 5 rings (SSSR count). The van der Waals surface area contributed by atoms with Crippen molar-refractivity contribution in [2.24, 2.45) is 5.92 Å². The summed E-state index contributed by atoms with van der Waals surface area (Å²) in [6.45, 7) is 6.34. The number of fused-ring (bicyclic) bond motifs is 2. The van der Waals surface area contributed by atoms with Crippen molar-refractivity contribution in [3.63, 3.8) is 0 Å². The Balaban J connectivity index is 0.000000196. The average Bonchev–Trinajstić information content (AvgIpc) is 3.48. The number of carbonyl (C=O) groups is 2. The van der Waals surface area contributed by atoms with Crippen molar-refractivity contribution in [3.8, 4) is 0 Å². The molecule has 1 aromatic carbocycles. The van der Waals surface area contributed by atoms with Gasteiger partial charge in [-0.3, -0.25) is 19.4 Å². The summed E-state index contributed by atoms with van der Waals surface area (Å²) < 4.78 is 1.95. The number of carbonyl (C=O) groups excluding carboxylic acids is 2. The number of nitrogen functional groups attached to an aromatic ring is 1. The first-order valence-electron chi connectivity index (χ1n) is 11.1. The lowest BCUT2D eigenvalue weighted by atomic mass is 10.0. The monoisotopic (exact) mass is 448 g/mol. The van der Waals surface area contributed by atoms with Crippen LogP contribution in [0.2, 0.25) is 0 Å². The molecule has 1 fully saturated rings. The van der Waals surface area contributed by atoms with Crippen molar-refractivity contribution in [2.75, 3.05) is 24.1 Å². The molecule has 0 radical (unpaired) electrons. The van der Waals surface area contributed by atoms with Gasteiger partial charge in [-0.2, -0.15) is 10.2 Å². The molecule has 0 bridgehead atoms. The second-order valence-electron chi connectivity index (χ2n) is 8.21. The molecule has 1 aliphatic heterocycles. The van der Waals surface area contributed by atoms with Crippen LogP contribution in [0.4, 0.5) is 11.5 Å². The van der Waals surface area contributed by atoms with E-state index in [1.807, 2.05) is 22.9 Å². The van der Waals surface area contributed by atoms with E-state index in [1.165, 1.54) is 17.8 Å². The first-order chi connectivity index (χ1) is 16.0. The predicted octanol–water partition coefficient (Wildman–Crippen LogP) is 2.79. The number of nitrogens with two attached hydrogens (primary N) is 1. The molecule has 10 nitrogen and oxygen atoms in total. The number of aryl methyl sites for hydroxylation is 1. The zero-order chi connectivity index (χ0) is 23.4. The molecule has 172 valence electrons. The molecule has 1 aliphatic rings. The number of amides is 2. The van der Waals surface area contributed by atoms with Gasteiger partial charge in [0.05, 0.1) is 34.5 Å². The van der Waals surface area contributed by atoms with Crippen LogP contribution in [-0.2, 0) is 16.1 Å². The number of nitrogens with one attached hydrogen (secondary N) is 2. The van der Waals surface area contributed by atoms with Gasteiger partial charge in [0, 0.05) is 31.2 Å². The number of benzene rings is 1. The van der Waals surface area contributed by atoms with Crippen molar-refractivity contribution in [1.82, 2.24) is 29.9 Å². The van der Waals surface area contributed by atoms with Gasteiger partial charge in [-0.15, -0.1) is 0 Å². The van der Waals surface area contributed by atoms with E-state index in [1.54, 1.807) is 4.90 Å². The van der Waals surface area contributed by atoms with Crippen molar-refractivity contribution in [2.45, 2.75) is 33.2 Å². The van der Waals surface area contributed by atoms with E-state index >= 15 is 0 Å². The number of aromatic nitrogens is 5. The molecule has 1 atom stereocenters. The molecule has 4 heterocycles. The lowest BCUT2D eigenvalue weighted by Crippen LogP contribution is -2.44. The second-order valence-corrected chi connectivity index (χ2v) is 8.21. The van der Waals surface area contributed by atoms with E-state index in [2.05, 4.69) is 51.7 Å². The SMILES string of the molecule is CC1CCCN(C(=O)C(=O)Nc2cnc(N)c3cn[nH]c23)C1.CCn1cc2ccccc2n1. The van der Waals surface area contributed by atoms with Gasteiger partial charge in [0.15, 0.2) is 0 Å². The minimum absolute atomic E-state index is 0.318. The fraction of sp³-hybridized carbons (Fsp3) is 0.348. The highest BCUT2D eigenvalue weighted by Gasteiger charge is 2.26. The van der Waals surface area contributed by atoms with Crippen LogP contribution < -0.4 is 11.1 Å². The van der Waals surface area contributed by atoms with Gasteiger partial charge < -0.3 is 16.0 Å².